The summed E-state index contributed by atoms with van der Waals surface area (Å²) in [7, 11) is 4.43. The van der Waals surface area contributed by atoms with Crippen molar-refractivity contribution in [3.8, 4) is 40.0 Å². The molecule has 4 aromatic rings. The first kappa shape index (κ1) is 39.7. The fourth-order valence-electron chi connectivity index (χ4n) is 7.00. The van der Waals surface area contributed by atoms with Crippen LogP contribution in [0.25, 0.3) is 22.4 Å². The first-order valence-electron chi connectivity index (χ1n) is 17.6. The second kappa shape index (κ2) is 16.8. The molecule has 0 radical (unpaired) electrons. The predicted molar refractivity (Wildman–Crippen MR) is 197 cm³/mol. The van der Waals surface area contributed by atoms with Gasteiger partial charge in [0.25, 0.3) is 0 Å². The molecule has 1 saturated heterocycles. The lowest BCUT2D eigenvalue weighted by molar-refractivity contribution is -0.140. The molecule has 3 atom stereocenters. The van der Waals surface area contributed by atoms with E-state index in [1.807, 2.05) is 48.5 Å². The number of carboxylic acid groups (broad SMARTS) is 1. The van der Waals surface area contributed by atoms with Crippen LogP contribution in [0.1, 0.15) is 53.2 Å². The van der Waals surface area contributed by atoms with Gasteiger partial charge < -0.3 is 40.0 Å². The molecule has 12 nitrogen and oxygen atoms in total. The highest BCUT2D eigenvalue weighted by Gasteiger charge is 2.39. The van der Waals surface area contributed by atoms with Gasteiger partial charge in [-0.2, -0.15) is 18.2 Å². The van der Waals surface area contributed by atoms with Crippen molar-refractivity contribution in [2.24, 2.45) is 0 Å². The number of methoxy groups -OCH3 is 2. The number of aromatic nitrogens is 2. The minimum absolute atomic E-state index is 0.0132. The first-order chi connectivity index (χ1) is 26.3. The second-order valence-electron chi connectivity index (χ2n) is 13.5. The molecule has 0 saturated carbocycles. The summed E-state index contributed by atoms with van der Waals surface area (Å²) < 4.78 is 60.3. The Morgan fingerprint density at radius 2 is 1.73 bits per heavy atom. The number of rotatable bonds is 15. The Morgan fingerprint density at radius 1 is 1.02 bits per heavy atom. The molecule has 55 heavy (non-hydrogen) atoms. The van der Waals surface area contributed by atoms with Crippen molar-refractivity contribution in [2.45, 2.75) is 63.2 Å². The lowest BCUT2D eigenvalue weighted by Gasteiger charge is -2.22. The summed E-state index contributed by atoms with van der Waals surface area (Å²) in [6, 6.07) is 15.6. The van der Waals surface area contributed by atoms with Crippen LogP contribution in [-0.4, -0.2) is 83.5 Å². The summed E-state index contributed by atoms with van der Waals surface area (Å²) in [6.45, 7) is 0.985. The van der Waals surface area contributed by atoms with Crippen LogP contribution in [0.3, 0.4) is 0 Å². The number of carbonyl (C=O) groups excluding carboxylic acids is 1. The largest absolute Gasteiger partial charge is 0.481 e. The number of aliphatic carboxylic acids is 1. The fourth-order valence-corrected chi connectivity index (χ4v) is 7.33. The number of nitrogens with zero attached hydrogens (tertiary/aromatic N) is 3. The van der Waals surface area contributed by atoms with Crippen LogP contribution in [-0.2, 0) is 35.3 Å². The van der Waals surface area contributed by atoms with E-state index in [-0.39, 0.29) is 42.9 Å². The lowest BCUT2D eigenvalue weighted by Crippen LogP contribution is -2.35. The number of aliphatic hydroxyl groups is 1. The van der Waals surface area contributed by atoms with Gasteiger partial charge in [0.1, 0.15) is 17.8 Å². The highest BCUT2D eigenvalue weighted by molar-refractivity contribution is 6.36. The third-order valence-electron chi connectivity index (χ3n) is 9.70. The summed E-state index contributed by atoms with van der Waals surface area (Å²) >= 11 is 7.09. The van der Waals surface area contributed by atoms with E-state index in [1.54, 1.807) is 11.9 Å². The van der Waals surface area contributed by atoms with E-state index in [0.717, 1.165) is 28.3 Å². The third kappa shape index (κ3) is 8.96. The Kier molecular flexibility index (Phi) is 12.1. The Hall–Kier alpha value is -4.96. The summed E-state index contributed by atoms with van der Waals surface area (Å²) in [5.74, 6) is -1.65. The normalized spacial score (nSPS) is 18.0. The molecule has 0 bridgehead atoms. The van der Waals surface area contributed by atoms with E-state index >= 15 is 0 Å². The van der Waals surface area contributed by atoms with Crippen molar-refractivity contribution >= 4 is 23.5 Å². The Labute approximate surface area is 320 Å². The van der Waals surface area contributed by atoms with Gasteiger partial charge in [-0.1, -0.05) is 54.1 Å². The van der Waals surface area contributed by atoms with Gasteiger partial charge in [0.05, 0.1) is 31.4 Å². The molecule has 1 aliphatic heterocycles. The molecule has 1 unspecified atom stereocenters. The van der Waals surface area contributed by atoms with Crippen molar-refractivity contribution in [1.29, 1.82) is 0 Å². The smallest absolute Gasteiger partial charge is 0.421 e. The van der Waals surface area contributed by atoms with Gasteiger partial charge in [-0.3, -0.25) is 9.59 Å². The average Bonchev–Trinajstić information content (AvgIpc) is 3.71. The van der Waals surface area contributed by atoms with Gasteiger partial charge in [-0.15, -0.1) is 0 Å². The van der Waals surface area contributed by atoms with Crippen LogP contribution in [0, 0.1) is 0 Å². The number of nitrogens with one attached hydrogen (secondary N) is 2. The number of amides is 1. The number of benzene rings is 2. The van der Waals surface area contributed by atoms with Crippen molar-refractivity contribution in [3.05, 3.63) is 87.4 Å². The van der Waals surface area contributed by atoms with Gasteiger partial charge in [-0.25, -0.2) is 4.98 Å². The number of pyridine rings is 2. The van der Waals surface area contributed by atoms with Gasteiger partial charge in [0.2, 0.25) is 23.5 Å². The fraction of sp³-hybridized carbons (Fsp3) is 0.385. The molecule has 1 fully saturated rings. The van der Waals surface area contributed by atoms with E-state index in [2.05, 4.69) is 15.6 Å². The van der Waals surface area contributed by atoms with Crippen LogP contribution in [0.5, 0.6) is 17.6 Å². The van der Waals surface area contributed by atoms with Gasteiger partial charge in [-0.05, 0) is 48.7 Å². The molecule has 0 spiro atoms. The van der Waals surface area contributed by atoms with E-state index in [4.69, 9.17) is 35.9 Å². The Bertz CT molecular complexity index is 2070. The van der Waals surface area contributed by atoms with E-state index in [0.29, 0.717) is 60.1 Å². The molecule has 6 rings (SSSR count). The van der Waals surface area contributed by atoms with Crippen molar-refractivity contribution in [1.82, 2.24) is 25.5 Å². The number of hydrogen-bond acceptors (Lipinski definition) is 10. The standard InChI is InChI=1S/C39H41ClF3N5O7/c1-48(15-14-33(50)51)20-22-16-29(39(41,42)43)38(47-37(22)54-3)55-32-13-11-25-24(6-4-7-26(25)32)27-8-5-9-28(34(27)40)30-12-10-21(36(46-30)53-2)18-44-19-23-17-31(49)35(52)45-23/h4-10,12,16,23,31-32,44,49H,11,13-15,17-20H2,1-3H3,(H,45,52)(H,50,51)/t23-,31?,32-/m0/s1. The maximum Gasteiger partial charge on any atom is 0.421 e. The molecule has 292 valence electrons. The van der Waals surface area contributed by atoms with Crippen LogP contribution in [0.4, 0.5) is 13.2 Å². The number of halogens is 4. The molecule has 16 heteroatoms. The molecular weight excluding hydrogens is 743 g/mol. The van der Waals surface area contributed by atoms with Gasteiger partial charge in [0, 0.05) is 60.9 Å². The number of ether oxygens (including phenoxy) is 3. The van der Waals surface area contributed by atoms with Crippen LogP contribution in [0.2, 0.25) is 5.02 Å². The number of aliphatic hydroxyl groups excluding tert-OH is 1. The zero-order valence-corrected chi connectivity index (χ0v) is 31.1. The molecule has 2 aromatic carbocycles. The zero-order chi connectivity index (χ0) is 39.4. The summed E-state index contributed by atoms with van der Waals surface area (Å²) in [6.07, 6.45) is -5.44. The summed E-state index contributed by atoms with van der Waals surface area (Å²) in [4.78, 5) is 33.1. The van der Waals surface area contributed by atoms with Crippen LogP contribution >= 0.6 is 11.6 Å². The SMILES string of the molecule is COc1nc(-c2cccc(-c3cccc4c3CC[C@@H]4Oc3nc(OC)c(CN(C)CCC(=O)O)cc3C(F)(F)F)c2Cl)ccc1CNC[C@@H]1CC(O)C(=O)N1. The minimum atomic E-state index is -4.79. The molecule has 2 aliphatic rings. The van der Waals surface area contributed by atoms with E-state index < -0.39 is 35.8 Å². The number of carbonyl (C=O) groups is 2. The number of hydrogen-bond donors (Lipinski definition) is 4. The number of alkyl halides is 3. The van der Waals surface area contributed by atoms with Crippen molar-refractivity contribution in [2.75, 3.05) is 34.4 Å². The molecule has 3 heterocycles. The minimum Gasteiger partial charge on any atom is -0.481 e. The van der Waals surface area contributed by atoms with Gasteiger partial charge in [0.15, 0.2) is 0 Å². The topological polar surface area (TPSA) is 155 Å². The van der Waals surface area contributed by atoms with Crippen LogP contribution < -0.4 is 24.8 Å². The summed E-state index contributed by atoms with van der Waals surface area (Å²) in [5.41, 5.74) is 4.25. The lowest BCUT2D eigenvalue weighted by atomic mass is 9.94. The zero-order valence-electron chi connectivity index (χ0n) is 30.4. The molecular formula is C39H41ClF3N5O7. The second-order valence-corrected chi connectivity index (χ2v) is 13.9. The molecule has 2 aromatic heterocycles. The quantitative estimate of drug-likeness (QED) is 0.115. The van der Waals surface area contributed by atoms with Crippen molar-refractivity contribution in [3.63, 3.8) is 0 Å². The first-order valence-corrected chi connectivity index (χ1v) is 18.0. The molecule has 1 amide bonds. The predicted octanol–water partition coefficient (Wildman–Crippen LogP) is 5.81. The van der Waals surface area contributed by atoms with Gasteiger partial charge >= 0.3 is 12.1 Å². The monoisotopic (exact) mass is 783 g/mol. The maximum atomic E-state index is 14.4. The third-order valence-corrected chi connectivity index (χ3v) is 10.1. The highest BCUT2D eigenvalue weighted by atomic mass is 35.5. The number of carboxylic acids is 1. The average molecular weight is 784 g/mol. The van der Waals surface area contributed by atoms with E-state index in [9.17, 15) is 27.9 Å². The summed E-state index contributed by atoms with van der Waals surface area (Å²) in [5, 5.41) is 25.1. The van der Waals surface area contributed by atoms with E-state index in [1.165, 1.54) is 14.2 Å². The Morgan fingerprint density at radius 3 is 2.42 bits per heavy atom. The Balaban J connectivity index is 1.23. The van der Waals surface area contributed by atoms with Crippen molar-refractivity contribution < 1.29 is 47.2 Å². The highest BCUT2D eigenvalue weighted by Crippen LogP contribution is 2.46. The van der Waals surface area contributed by atoms with Crippen LogP contribution in [0.15, 0.2) is 54.6 Å². The molecule has 4 N–H and O–H groups in total. The molecule has 1 aliphatic carbocycles. The number of fused-ring (bicyclic) bond motifs is 1. The maximum absolute atomic E-state index is 14.4.